The first-order valence-corrected chi connectivity index (χ1v) is 10.9. The van der Waals surface area contributed by atoms with E-state index >= 15 is 0 Å². The summed E-state index contributed by atoms with van der Waals surface area (Å²) in [5.74, 6) is 1.75. The van der Waals surface area contributed by atoms with Gasteiger partial charge in [-0.3, -0.25) is 0 Å². The number of rotatable bonds is 8. The maximum atomic E-state index is 6.46. The third kappa shape index (κ3) is 4.91. The molecule has 0 aliphatic heterocycles. The zero-order valence-electron chi connectivity index (χ0n) is 17.1. The van der Waals surface area contributed by atoms with Crippen LogP contribution in [0.3, 0.4) is 0 Å². The maximum Gasteiger partial charge on any atom is 0.214 e. The van der Waals surface area contributed by atoms with Crippen molar-refractivity contribution in [1.29, 1.82) is 0 Å². The summed E-state index contributed by atoms with van der Waals surface area (Å²) in [5.41, 5.74) is 5.96. The van der Waals surface area contributed by atoms with Gasteiger partial charge < -0.3 is 14.9 Å². The minimum absolute atomic E-state index is 0.379. The highest BCUT2D eigenvalue weighted by atomic mass is 35.5. The summed E-state index contributed by atoms with van der Waals surface area (Å²) in [6, 6.07) is 21.0. The number of hydrogen-bond acceptors (Lipinski definition) is 5. The van der Waals surface area contributed by atoms with Crippen molar-refractivity contribution in [2.75, 3.05) is 12.5 Å². The number of aromatic amines is 1. The standard InChI is InChI=1S/C23H20Cl2N4O2S/c1-30-20-10-6-5-9-17(20)22-27-28-23(32)29(22)26-13-16-11-18(24)21(19(25)12-16)31-14-15-7-3-2-4-8-15/h2-12,26H,13-14H2,1H3,(H,28,32). The van der Waals surface area contributed by atoms with Crippen LogP contribution < -0.4 is 14.9 Å². The van der Waals surface area contributed by atoms with E-state index in [9.17, 15) is 0 Å². The molecular weight excluding hydrogens is 467 g/mol. The van der Waals surface area contributed by atoms with Crippen molar-refractivity contribution in [1.82, 2.24) is 14.9 Å². The van der Waals surface area contributed by atoms with Gasteiger partial charge in [0.25, 0.3) is 0 Å². The molecule has 164 valence electrons. The van der Waals surface area contributed by atoms with Crippen molar-refractivity contribution in [3.63, 3.8) is 0 Å². The van der Waals surface area contributed by atoms with E-state index in [0.29, 0.717) is 45.3 Å². The average Bonchev–Trinajstić information content (AvgIpc) is 3.17. The summed E-state index contributed by atoms with van der Waals surface area (Å²) in [5, 5.41) is 8.03. The van der Waals surface area contributed by atoms with Crippen LogP contribution in [0.2, 0.25) is 10.0 Å². The van der Waals surface area contributed by atoms with Crippen LogP contribution in [0.1, 0.15) is 11.1 Å². The van der Waals surface area contributed by atoms with Gasteiger partial charge in [0.15, 0.2) is 11.6 Å². The molecule has 2 N–H and O–H groups in total. The molecular formula is C23H20Cl2N4O2S. The minimum Gasteiger partial charge on any atom is -0.496 e. The van der Waals surface area contributed by atoms with Crippen molar-refractivity contribution in [3.8, 4) is 22.9 Å². The number of ether oxygens (including phenoxy) is 2. The Morgan fingerprint density at radius 1 is 1.00 bits per heavy atom. The predicted molar refractivity (Wildman–Crippen MR) is 130 cm³/mol. The maximum absolute atomic E-state index is 6.46. The number of nitrogens with one attached hydrogen (secondary N) is 2. The second-order valence-electron chi connectivity index (χ2n) is 6.89. The van der Waals surface area contributed by atoms with Crippen molar-refractivity contribution >= 4 is 35.4 Å². The molecule has 0 amide bonds. The number of benzene rings is 3. The summed E-state index contributed by atoms with van der Waals surface area (Å²) in [6.45, 7) is 0.790. The number of hydrogen-bond donors (Lipinski definition) is 2. The van der Waals surface area contributed by atoms with Crippen LogP contribution in [-0.4, -0.2) is 22.0 Å². The van der Waals surface area contributed by atoms with Gasteiger partial charge in [-0.05, 0) is 47.6 Å². The Kier molecular flexibility index (Phi) is 6.99. The Bertz CT molecular complexity index is 1250. The first kappa shape index (κ1) is 22.2. The van der Waals surface area contributed by atoms with Gasteiger partial charge in [-0.25, -0.2) is 9.77 Å². The van der Waals surface area contributed by atoms with Crippen LogP contribution in [0.4, 0.5) is 0 Å². The molecule has 0 unspecified atom stereocenters. The first-order valence-electron chi connectivity index (χ1n) is 9.76. The van der Waals surface area contributed by atoms with E-state index in [1.54, 1.807) is 11.8 Å². The Morgan fingerprint density at radius 2 is 1.69 bits per heavy atom. The number of para-hydroxylation sites is 1. The van der Waals surface area contributed by atoms with Gasteiger partial charge in [0.05, 0.1) is 29.3 Å². The Balaban J connectivity index is 1.51. The monoisotopic (exact) mass is 486 g/mol. The van der Waals surface area contributed by atoms with Crippen LogP contribution in [0, 0.1) is 4.77 Å². The predicted octanol–water partition coefficient (Wildman–Crippen LogP) is 6.25. The van der Waals surface area contributed by atoms with E-state index < -0.39 is 0 Å². The van der Waals surface area contributed by atoms with Crippen molar-refractivity contribution in [2.24, 2.45) is 0 Å². The molecule has 0 fully saturated rings. The van der Waals surface area contributed by atoms with Crippen molar-refractivity contribution in [2.45, 2.75) is 13.2 Å². The lowest BCUT2D eigenvalue weighted by atomic mass is 10.2. The number of aromatic nitrogens is 3. The van der Waals surface area contributed by atoms with E-state index in [1.165, 1.54) is 0 Å². The topological polar surface area (TPSA) is 64.1 Å². The summed E-state index contributed by atoms with van der Waals surface area (Å²) in [7, 11) is 1.61. The molecule has 0 aliphatic carbocycles. The molecule has 0 atom stereocenters. The smallest absolute Gasteiger partial charge is 0.214 e. The molecule has 9 heteroatoms. The van der Waals surface area contributed by atoms with Crippen LogP contribution >= 0.6 is 35.4 Å². The largest absolute Gasteiger partial charge is 0.496 e. The van der Waals surface area contributed by atoms with E-state index in [-0.39, 0.29) is 0 Å². The van der Waals surface area contributed by atoms with Crippen molar-refractivity contribution < 1.29 is 9.47 Å². The molecule has 32 heavy (non-hydrogen) atoms. The molecule has 0 aliphatic rings. The molecule has 3 aromatic carbocycles. The van der Waals surface area contributed by atoms with Gasteiger partial charge in [0.2, 0.25) is 4.77 Å². The van der Waals surface area contributed by atoms with E-state index in [0.717, 1.165) is 16.7 Å². The molecule has 0 saturated carbocycles. The highest BCUT2D eigenvalue weighted by Crippen LogP contribution is 2.35. The van der Waals surface area contributed by atoms with E-state index in [4.69, 9.17) is 44.9 Å². The molecule has 4 rings (SSSR count). The molecule has 0 radical (unpaired) electrons. The van der Waals surface area contributed by atoms with E-state index in [2.05, 4.69) is 15.6 Å². The van der Waals surface area contributed by atoms with Gasteiger partial charge in [0.1, 0.15) is 12.4 Å². The lowest BCUT2D eigenvalue weighted by molar-refractivity contribution is 0.306. The van der Waals surface area contributed by atoms with Crippen LogP contribution in [0.15, 0.2) is 66.7 Å². The molecule has 1 aromatic heterocycles. The summed E-state index contributed by atoms with van der Waals surface area (Å²) in [4.78, 5) is 0. The average molecular weight is 487 g/mol. The van der Waals surface area contributed by atoms with Gasteiger partial charge in [-0.15, -0.1) is 0 Å². The Hall–Kier alpha value is -3.00. The second-order valence-corrected chi connectivity index (χ2v) is 8.09. The number of nitrogens with zero attached hydrogens (tertiary/aromatic N) is 2. The van der Waals surface area contributed by atoms with Crippen molar-refractivity contribution in [3.05, 3.63) is 92.7 Å². The van der Waals surface area contributed by atoms with Crippen LogP contribution in [0.5, 0.6) is 11.5 Å². The van der Waals surface area contributed by atoms with Gasteiger partial charge in [-0.1, -0.05) is 65.7 Å². The SMILES string of the molecule is COc1ccccc1-c1n[nH]c(=S)n1NCc1cc(Cl)c(OCc2ccccc2)c(Cl)c1. The first-order chi connectivity index (χ1) is 15.6. The molecule has 1 heterocycles. The molecule has 0 bridgehead atoms. The summed E-state index contributed by atoms with van der Waals surface area (Å²) < 4.78 is 13.4. The van der Waals surface area contributed by atoms with Gasteiger partial charge >= 0.3 is 0 Å². The lowest BCUT2D eigenvalue weighted by Crippen LogP contribution is -2.16. The fourth-order valence-corrected chi connectivity index (χ4v) is 4.04. The number of H-pyrrole nitrogens is 1. The fraction of sp³-hybridized carbons (Fsp3) is 0.130. The second kappa shape index (κ2) is 10.1. The summed E-state index contributed by atoms with van der Waals surface area (Å²) >= 11 is 18.3. The summed E-state index contributed by atoms with van der Waals surface area (Å²) in [6.07, 6.45) is 0. The Labute approximate surface area is 200 Å². The Morgan fingerprint density at radius 3 is 2.41 bits per heavy atom. The quantitative estimate of drug-likeness (QED) is 0.288. The number of halogens is 2. The zero-order valence-corrected chi connectivity index (χ0v) is 19.5. The molecule has 6 nitrogen and oxygen atoms in total. The fourth-order valence-electron chi connectivity index (χ4n) is 3.21. The van der Waals surface area contributed by atoms with Crippen LogP contribution in [0.25, 0.3) is 11.4 Å². The third-order valence-electron chi connectivity index (χ3n) is 4.75. The highest BCUT2D eigenvalue weighted by molar-refractivity contribution is 7.71. The normalized spacial score (nSPS) is 10.7. The number of methoxy groups -OCH3 is 1. The van der Waals surface area contributed by atoms with Gasteiger partial charge in [0, 0.05) is 0 Å². The minimum atomic E-state index is 0.379. The highest BCUT2D eigenvalue weighted by Gasteiger charge is 2.14. The van der Waals surface area contributed by atoms with Crippen LogP contribution in [-0.2, 0) is 13.2 Å². The molecule has 0 saturated heterocycles. The zero-order chi connectivity index (χ0) is 22.5. The molecule has 0 spiro atoms. The molecule has 4 aromatic rings. The lowest BCUT2D eigenvalue weighted by Gasteiger charge is -2.14. The third-order valence-corrected chi connectivity index (χ3v) is 5.58. The van der Waals surface area contributed by atoms with Gasteiger partial charge in [-0.2, -0.15) is 5.10 Å². The van der Waals surface area contributed by atoms with E-state index in [1.807, 2.05) is 66.7 Å².